The van der Waals surface area contributed by atoms with Gasteiger partial charge in [-0.25, -0.2) is 0 Å². The minimum Gasteiger partial charge on any atom is -0.508 e. The van der Waals surface area contributed by atoms with E-state index in [2.05, 4.69) is 5.32 Å². The van der Waals surface area contributed by atoms with Crippen LogP contribution < -0.4 is 5.32 Å². The van der Waals surface area contributed by atoms with Gasteiger partial charge in [-0.1, -0.05) is 90.5 Å². The summed E-state index contributed by atoms with van der Waals surface area (Å²) in [6, 6.07) is 29.2. The first-order chi connectivity index (χ1) is 14.6. The monoisotopic (exact) mass is 395 g/mol. The number of phenolic OH excluding ortho intramolecular Hbond substituents is 1. The number of nitrogens with one attached hydrogen (secondary N) is 1. The van der Waals surface area contributed by atoms with Gasteiger partial charge in [0.25, 0.3) is 0 Å². The van der Waals surface area contributed by atoms with Gasteiger partial charge in [-0.2, -0.15) is 0 Å². The molecule has 0 saturated carbocycles. The Morgan fingerprint density at radius 2 is 1.57 bits per heavy atom. The van der Waals surface area contributed by atoms with Crippen LogP contribution >= 0.6 is 0 Å². The van der Waals surface area contributed by atoms with Crippen molar-refractivity contribution in [3.63, 3.8) is 0 Å². The third-order valence-corrected chi connectivity index (χ3v) is 5.44. The highest BCUT2D eigenvalue weighted by Gasteiger charge is 2.22. The van der Waals surface area contributed by atoms with Crippen LogP contribution in [0.15, 0.2) is 91.0 Å². The van der Waals surface area contributed by atoms with Crippen molar-refractivity contribution in [3.05, 3.63) is 113 Å². The van der Waals surface area contributed by atoms with Crippen LogP contribution in [0.5, 0.6) is 5.75 Å². The maximum absolute atomic E-state index is 12.9. The van der Waals surface area contributed by atoms with Gasteiger partial charge in [-0.15, -0.1) is 0 Å². The molecule has 2 N–H and O–H groups in total. The smallest absolute Gasteiger partial charge is 0.221 e. The lowest BCUT2D eigenvalue weighted by Crippen LogP contribution is -2.29. The molecule has 4 rings (SSSR count). The molecule has 3 heteroatoms. The second-order valence-corrected chi connectivity index (χ2v) is 7.62. The molecule has 0 aliphatic rings. The minimum absolute atomic E-state index is 0.0447. The first-order valence-corrected chi connectivity index (χ1v) is 10.2. The average molecular weight is 396 g/mol. The molecule has 0 unspecified atom stereocenters. The highest BCUT2D eigenvalue weighted by atomic mass is 16.3. The van der Waals surface area contributed by atoms with E-state index in [1.54, 1.807) is 6.07 Å². The average Bonchev–Trinajstić information content (AvgIpc) is 2.78. The molecule has 0 saturated heterocycles. The number of benzene rings is 4. The lowest BCUT2D eigenvalue weighted by atomic mass is 9.92. The summed E-state index contributed by atoms with van der Waals surface area (Å²) in [7, 11) is 0. The maximum Gasteiger partial charge on any atom is 0.221 e. The van der Waals surface area contributed by atoms with Crippen LogP contribution in [-0.4, -0.2) is 11.0 Å². The standard InChI is InChI=1S/C27H25NO2/c1-19-11-14-22(15-12-19)27(28-25(30)18-13-20-7-3-2-4-8-20)26-23-10-6-5-9-21(23)16-17-24(26)29/h2-12,14-17,27,29H,13,18H2,1H3,(H,28,30)/t27-/m1/s1. The fraction of sp³-hybridized carbons (Fsp3) is 0.148. The Morgan fingerprint density at radius 3 is 2.33 bits per heavy atom. The Morgan fingerprint density at radius 1 is 0.867 bits per heavy atom. The van der Waals surface area contributed by atoms with Crippen molar-refractivity contribution in [2.75, 3.05) is 0 Å². The second kappa shape index (κ2) is 8.83. The lowest BCUT2D eigenvalue weighted by molar-refractivity contribution is -0.121. The zero-order valence-electron chi connectivity index (χ0n) is 17.0. The zero-order chi connectivity index (χ0) is 20.9. The van der Waals surface area contributed by atoms with Crippen molar-refractivity contribution >= 4 is 16.7 Å². The van der Waals surface area contributed by atoms with E-state index in [1.807, 2.05) is 91.9 Å². The molecule has 30 heavy (non-hydrogen) atoms. The van der Waals surface area contributed by atoms with E-state index in [4.69, 9.17) is 0 Å². The number of rotatable bonds is 6. The summed E-state index contributed by atoms with van der Waals surface area (Å²) in [6.07, 6.45) is 1.06. The molecule has 0 aromatic heterocycles. The first-order valence-electron chi connectivity index (χ1n) is 10.2. The van der Waals surface area contributed by atoms with Gasteiger partial charge in [-0.05, 0) is 41.3 Å². The third kappa shape index (κ3) is 4.36. The molecule has 150 valence electrons. The van der Waals surface area contributed by atoms with Crippen LogP contribution in [0.4, 0.5) is 0 Å². The van der Waals surface area contributed by atoms with E-state index in [9.17, 15) is 9.90 Å². The number of fused-ring (bicyclic) bond motifs is 1. The summed E-state index contributed by atoms with van der Waals surface area (Å²) in [5.41, 5.74) is 3.95. The summed E-state index contributed by atoms with van der Waals surface area (Å²) < 4.78 is 0. The van der Waals surface area contributed by atoms with Crippen LogP contribution in [0.2, 0.25) is 0 Å². The predicted octanol–water partition coefficient (Wildman–Crippen LogP) is 5.69. The quantitative estimate of drug-likeness (QED) is 0.440. The molecule has 0 bridgehead atoms. The Bertz CT molecular complexity index is 1150. The molecular formula is C27H25NO2. The van der Waals surface area contributed by atoms with E-state index in [0.717, 1.165) is 33.0 Å². The number of aromatic hydroxyl groups is 1. The number of carbonyl (C=O) groups is 1. The molecule has 0 radical (unpaired) electrons. The normalized spacial score (nSPS) is 11.9. The Hall–Kier alpha value is -3.59. The maximum atomic E-state index is 12.9. The van der Waals surface area contributed by atoms with Crippen molar-refractivity contribution in [1.29, 1.82) is 0 Å². The lowest BCUT2D eigenvalue weighted by Gasteiger charge is -2.23. The third-order valence-electron chi connectivity index (χ3n) is 5.44. The van der Waals surface area contributed by atoms with Gasteiger partial charge < -0.3 is 10.4 Å². The van der Waals surface area contributed by atoms with Gasteiger partial charge in [-0.3, -0.25) is 4.79 Å². The van der Waals surface area contributed by atoms with Crippen molar-refractivity contribution in [1.82, 2.24) is 5.32 Å². The van der Waals surface area contributed by atoms with Crippen molar-refractivity contribution in [3.8, 4) is 5.75 Å². The number of hydrogen-bond donors (Lipinski definition) is 2. The molecule has 0 heterocycles. The summed E-state index contributed by atoms with van der Waals surface area (Å²) in [5.74, 6) is 0.138. The number of carbonyl (C=O) groups excluding carboxylic acids is 1. The SMILES string of the molecule is Cc1ccc([C@@H](NC(=O)CCc2ccccc2)c2c(O)ccc3ccccc23)cc1. The highest BCUT2D eigenvalue weighted by molar-refractivity contribution is 5.89. The molecule has 0 fully saturated rings. The molecule has 0 aliphatic carbocycles. The molecule has 4 aromatic rings. The first kappa shape index (κ1) is 19.7. The van der Waals surface area contributed by atoms with E-state index < -0.39 is 6.04 Å². The van der Waals surface area contributed by atoms with Gasteiger partial charge in [0.05, 0.1) is 6.04 Å². The molecule has 3 nitrogen and oxygen atoms in total. The van der Waals surface area contributed by atoms with Gasteiger partial charge in [0.2, 0.25) is 5.91 Å². The molecule has 0 aliphatic heterocycles. The van der Waals surface area contributed by atoms with E-state index >= 15 is 0 Å². The van der Waals surface area contributed by atoms with Crippen molar-refractivity contribution < 1.29 is 9.90 Å². The number of hydrogen-bond acceptors (Lipinski definition) is 2. The van der Waals surface area contributed by atoms with E-state index in [1.165, 1.54) is 0 Å². The topological polar surface area (TPSA) is 49.3 Å². The summed E-state index contributed by atoms with van der Waals surface area (Å²) in [4.78, 5) is 12.9. The fourth-order valence-corrected chi connectivity index (χ4v) is 3.80. The van der Waals surface area contributed by atoms with Crippen molar-refractivity contribution in [2.45, 2.75) is 25.8 Å². The molecule has 1 amide bonds. The summed E-state index contributed by atoms with van der Waals surface area (Å²) in [6.45, 7) is 2.03. The Labute approximate surface area is 177 Å². The Balaban J connectivity index is 1.68. The molecule has 1 atom stereocenters. The van der Waals surface area contributed by atoms with Crippen LogP contribution in [0.25, 0.3) is 10.8 Å². The minimum atomic E-state index is -0.431. The van der Waals surface area contributed by atoms with Crippen molar-refractivity contribution in [2.24, 2.45) is 0 Å². The molecular weight excluding hydrogens is 370 g/mol. The van der Waals surface area contributed by atoms with Gasteiger partial charge in [0.15, 0.2) is 0 Å². The predicted molar refractivity (Wildman–Crippen MR) is 122 cm³/mol. The zero-order valence-corrected chi connectivity index (χ0v) is 17.0. The molecule has 4 aromatic carbocycles. The van der Waals surface area contributed by atoms with E-state index in [0.29, 0.717) is 12.8 Å². The van der Waals surface area contributed by atoms with Crippen LogP contribution in [0.3, 0.4) is 0 Å². The number of aryl methyl sites for hydroxylation is 2. The second-order valence-electron chi connectivity index (χ2n) is 7.62. The number of amides is 1. The molecule has 0 spiro atoms. The van der Waals surface area contributed by atoms with E-state index in [-0.39, 0.29) is 11.7 Å². The van der Waals surface area contributed by atoms with Crippen LogP contribution in [0, 0.1) is 6.92 Å². The Kier molecular flexibility index (Phi) is 5.80. The number of phenols is 1. The van der Waals surface area contributed by atoms with Gasteiger partial charge >= 0.3 is 0 Å². The van der Waals surface area contributed by atoms with Crippen LogP contribution in [-0.2, 0) is 11.2 Å². The summed E-state index contributed by atoms with van der Waals surface area (Å²) >= 11 is 0. The van der Waals surface area contributed by atoms with Gasteiger partial charge in [0, 0.05) is 12.0 Å². The summed E-state index contributed by atoms with van der Waals surface area (Å²) in [5, 5.41) is 15.9. The van der Waals surface area contributed by atoms with Gasteiger partial charge in [0.1, 0.15) is 5.75 Å². The fourth-order valence-electron chi connectivity index (χ4n) is 3.80. The highest BCUT2D eigenvalue weighted by Crippen LogP contribution is 2.36. The van der Waals surface area contributed by atoms with Crippen LogP contribution in [0.1, 0.15) is 34.7 Å². The largest absolute Gasteiger partial charge is 0.508 e.